The Morgan fingerprint density at radius 3 is 1.36 bits per heavy atom. The normalized spacial score (nSPS) is 24.7. The van der Waals surface area contributed by atoms with Crippen LogP contribution < -0.4 is 5.32 Å². The van der Waals surface area contributed by atoms with Crippen molar-refractivity contribution in [3.63, 3.8) is 0 Å². The van der Waals surface area contributed by atoms with Gasteiger partial charge in [-0.3, -0.25) is 4.79 Å². The van der Waals surface area contributed by atoms with E-state index in [4.69, 9.17) is 18.9 Å². The second-order valence-electron chi connectivity index (χ2n) is 22.5. The van der Waals surface area contributed by atoms with E-state index in [0.29, 0.717) is 12.8 Å². The maximum Gasteiger partial charge on any atom is 0.220 e. The smallest absolute Gasteiger partial charge is 0.220 e. The highest BCUT2D eigenvalue weighted by molar-refractivity contribution is 5.76. The number of carbonyl (C=O) groups is 1. The number of ether oxygens (including phenoxy) is 4. The average molecular weight is 1140 g/mol. The molecule has 12 atom stereocenters. The second-order valence-corrected chi connectivity index (χ2v) is 22.5. The summed E-state index contributed by atoms with van der Waals surface area (Å²) in [5.41, 5.74) is 0. The zero-order chi connectivity index (χ0) is 58.8. The minimum Gasteiger partial charge on any atom is -0.394 e. The van der Waals surface area contributed by atoms with Gasteiger partial charge in [0.2, 0.25) is 5.91 Å². The Labute approximate surface area is 491 Å². The molecule has 2 aliphatic rings. The molecule has 0 aromatic heterocycles. The summed E-state index contributed by atoms with van der Waals surface area (Å²) >= 11 is 0. The molecule has 468 valence electrons. The van der Waals surface area contributed by atoms with Crippen LogP contribution >= 0.6 is 0 Å². The molecule has 0 spiro atoms. The topological polar surface area (TPSA) is 228 Å². The molecule has 14 heteroatoms. The van der Waals surface area contributed by atoms with E-state index in [-0.39, 0.29) is 18.9 Å². The summed E-state index contributed by atoms with van der Waals surface area (Å²) in [6, 6.07) is -0.933. The van der Waals surface area contributed by atoms with E-state index in [1.54, 1.807) is 6.08 Å². The number of amides is 1. The van der Waals surface area contributed by atoms with Crippen LogP contribution in [0, 0.1) is 0 Å². The summed E-state index contributed by atoms with van der Waals surface area (Å²) in [5.74, 6) is -0.250. The van der Waals surface area contributed by atoms with Gasteiger partial charge in [0.25, 0.3) is 0 Å². The van der Waals surface area contributed by atoms with Gasteiger partial charge >= 0.3 is 0 Å². The molecule has 0 aromatic carbocycles. The summed E-state index contributed by atoms with van der Waals surface area (Å²) in [6.07, 6.45) is 53.7. The van der Waals surface area contributed by atoms with E-state index in [0.717, 1.165) is 64.2 Å². The van der Waals surface area contributed by atoms with Crippen molar-refractivity contribution in [2.45, 2.75) is 312 Å². The van der Waals surface area contributed by atoms with Crippen LogP contribution in [-0.2, 0) is 23.7 Å². The lowest BCUT2D eigenvalue weighted by Gasteiger charge is -2.46. The molecule has 2 aliphatic heterocycles. The number of aliphatic hydroxyl groups excluding tert-OH is 8. The number of hydrogen-bond acceptors (Lipinski definition) is 13. The van der Waals surface area contributed by atoms with Crippen molar-refractivity contribution in [1.29, 1.82) is 0 Å². The third-order valence-electron chi connectivity index (χ3n) is 15.3. The molecule has 0 radical (unpaired) electrons. The maximum atomic E-state index is 13.3. The minimum atomic E-state index is -1.79. The Bertz CT molecular complexity index is 1680. The minimum absolute atomic E-state index is 0.250. The van der Waals surface area contributed by atoms with Crippen molar-refractivity contribution < 1.29 is 64.6 Å². The molecule has 12 unspecified atom stereocenters. The molecule has 14 nitrogen and oxygen atoms in total. The molecule has 0 saturated carbocycles. The summed E-state index contributed by atoms with van der Waals surface area (Å²) in [7, 11) is 0. The van der Waals surface area contributed by atoms with E-state index in [9.17, 15) is 45.6 Å². The number of allylic oxidation sites excluding steroid dienone is 13. The van der Waals surface area contributed by atoms with Crippen LogP contribution in [0.1, 0.15) is 239 Å². The lowest BCUT2D eigenvalue weighted by molar-refractivity contribution is -0.359. The molecule has 2 saturated heterocycles. The van der Waals surface area contributed by atoms with Crippen LogP contribution in [0.5, 0.6) is 0 Å². The lowest BCUT2D eigenvalue weighted by atomic mass is 9.97. The fourth-order valence-electron chi connectivity index (χ4n) is 10.2. The largest absolute Gasteiger partial charge is 0.394 e. The van der Waals surface area contributed by atoms with E-state index in [2.05, 4.69) is 92.1 Å². The molecular weight excluding hydrogens is 1030 g/mol. The zero-order valence-corrected chi connectivity index (χ0v) is 50.5. The first-order valence-corrected chi connectivity index (χ1v) is 32.3. The third-order valence-corrected chi connectivity index (χ3v) is 15.3. The summed E-state index contributed by atoms with van der Waals surface area (Å²) < 4.78 is 22.7. The molecule has 0 aliphatic carbocycles. The zero-order valence-electron chi connectivity index (χ0n) is 50.5. The van der Waals surface area contributed by atoms with Gasteiger partial charge in [-0.25, -0.2) is 0 Å². The molecule has 0 bridgehead atoms. The maximum absolute atomic E-state index is 13.3. The van der Waals surface area contributed by atoms with Gasteiger partial charge in [-0.2, -0.15) is 0 Å². The predicted octanol–water partition coefficient (Wildman–Crippen LogP) is 12.1. The molecule has 2 fully saturated rings. The number of unbranched alkanes of at least 4 members (excludes halogenated alkanes) is 26. The van der Waals surface area contributed by atoms with Gasteiger partial charge in [0.1, 0.15) is 48.8 Å². The third kappa shape index (κ3) is 36.6. The van der Waals surface area contributed by atoms with Crippen LogP contribution in [0.25, 0.3) is 0 Å². The Morgan fingerprint density at radius 2 is 0.864 bits per heavy atom. The molecule has 2 rings (SSSR count). The highest BCUT2D eigenvalue weighted by atomic mass is 16.7. The van der Waals surface area contributed by atoms with Gasteiger partial charge in [-0.1, -0.05) is 240 Å². The van der Waals surface area contributed by atoms with Crippen molar-refractivity contribution in [2.24, 2.45) is 0 Å². The number of carbonyl (C=O) groups excluding carboxylic acids is 1. The highest BCUT2D eigenvalue weighted by Gasteiger charge is 2.51. The van der Waals surface area contributed by atoms with Crippen LogP contribution in [-0.4, -0.2) is 140 Å². The first-order chi connectivity index (χ1) is 39.6. The van der Waals surface area contributed by atoms with Gasteiger partial charge < -0.3 is 65.1 Å². The molecule has 0 aromatic rings. The lowest BCUT2D eigenvalue weighted by Crippen LogP contribution is -2.65. The van der Waals surface area contributed by atoms with Gasteiger partial charge in [0.05, 0.1) is 32.0 Å². The average Bonchev–Trinajstić information content (AvgIpc) is 3.46. The van der Waals surface area contributed by atoms with Crippen LogP contribution in [0.4, 0.5) is 0 Å². The van der Waals surface area contributed by atoms with Crippen molar-refractivity contribution in [3.05, 3.63) is 85.1 Å². The van der Waals surface area contributed by atoms with Crippen LogP contribution in [0.3, 0.4) is 0 Å². The molecule has 9 N–H and O–H groups in total. The summed E-state index contributed by atoms with van der Waals surface area (Å²) in [5, 5.41) is 87.0. The Hall–Kier alpha value is -2.83. The summed E-state index contributed by atoms with van der Waals surface area (Å²) in [4.78, 5) is 13.3. The van der Waals surface area contributed by atoms with Gasteiger partial charge in [0, 0.05) is 6.42 Å². The fraction of sp³-hybridized carbons (Fsp3) is 0.776. The quantitative estimate of drug-likeness (QED) is 0.0204. The van der Waals surface area contributed by atoms with Crippen molar-refractivity contribution in [1.82, 2.24) is 5.32 Å². The van der Waals surface area contributed by atoms with E-state index < -0.39 is 86.8 Å². The summed E-state index contributed by atoms with van der Waals surface area (Å²) in [6.45, 7) is 2.64. The molecule has 81 heavy (non-hydrogen) atoms. The number of rotatable bonds is 51. The van der Waals surface area contributed by atoms with Crippen LogP contribution in [0.2, 0.25) is 0 Å². The highest BCUT2D eigenvalue weighted by Crippen LogP contribution is 2.30. The first kappa shape index (κ1) is 74.3. The van der Waals surface area contributed by atoms with Gasteiger partial charge in [0.15, 0.2) is 12.6 Å². The van der Waals surface area contributed by atoms with E-state index in [1.807, 2.05) is 6.08 Å². The van der Waals surface area contributed by atoms with Crippen molar-refractivity contribution in [2.75, 3.05) is 19.8 Å². The SMILES string of the molecule is CC/C=C\C/C=C\C/C=C\C/C=C\C/C=C\CCCCCCCCCCCCCCCCCCCCCC(=O)NC(COC1OC(CO)C(OC2OC(CO)C(O)C(O)C2O)C(O)C1O)C(O)/C=C/CC/C=C/CCCCCCCC. The van der Waals surface area contributed by atoms with Gasteiger partial charge in [-0.15, -0.1) is 0 Å². The van der Waals surface area contributed by atoms with Gasteiger partial charge in [-0.05, 0) is 77.0 Å². The number of aliphatic hydroxyl groups is 8. The Morgan fingerprint density at radius 1 is 0.457 bits per heavy atom. The molecular formula is C67H117NO13. The van der Waals surface area contributed by atoms with Crippen molar-refractivity contribution in [3.8, 4) is 0 Å². The van der Waals surface area contributed by atoms with Crippen molar-refractivity contribution >= 4 is 5.91 Å². The molecule has 2 heterocycles. The number of nitrogens with one attached hydrogen (secondary N) is 1. The van der Waals surface area contributed by atoms with Crippen LogP contribution in [0.15, 0.2) is 85.1 Å². The standard InChI is InChI=1S/C67H117NO13/c1-3-5-7-9-11-13-15-17-18-19-20-21-22-23-24-25-26-27-28-29-30-31-32-33-34-35-36-37-38-39-41-43-45-47-49-51-59(72)68-55(56(71)50-48-46-44-42-40-16-14-12-10-8-6-4-2)54-78-66-64(77)62(75)65(58(53-70)80-66)81-67-63(76)61(74)60(73)57(52-69)79-67/h5,7,11,13,17-18,20-21,23-24,40,42,48,50,55-58,60-67,69-71,73-77H,3-4,6,8-10,12,14-16,19,22,25-39,41,43-47,49,51-54H2,1-2H3,(H,68,72)/b7-5-,13-11-,18-17-,21-20-,24-23-,42-40+,50-48+. The number of hydrogen-bond donors (Lipinski definition) is 9. The first-order valence-electron chi connectivity index (χ1n) is 32.3. The second kappa shape index (κ2) is 51.6. The fourth-order valence-corrected chi connectivity index (χ4v) is 10.2. The van der Waals surface area contributed by atoms with E-state index >= 15 is 0 Å². The predicted molar refractivity (Wildman–Crippen MR) is 327 cm³/mol. The molecule has 1 amide bonds. The monoisotopic (exact) mass is 1140 g/mol. The van der Waals surface area contributed by atoms with E-state index in [1.165, 1.54) is 141 Å². The Balaban J connectivity index is 1.61. The Kier molecular flexibility index (Phi) is 47.3.